The average Bonchev–Trinajstić information content (AvgIpc) is 2.21. The molecule has 0 aliphatic heterocycles. The van der Waals surface area contributed by atoms with Crippen molar-refractivity contribution in [3.8, 4) is 0 Å². The van der Waals surface area contributed by atoms with Gasteiger partial charge in [-0.25, -0.2) is 0 Å². The van der Waals surface area contributed by atoms with Crippen LogP contribution in [0.25, 0.3) is 0 Å². The molecular weight excluding hydrogens is 172 g/mol. The lowest BCUT2D eigenvalue weighted by molar-refractivity contribution is 0.288. The third-order valence-electron chi connectivity index (χ3n) is 2.72. The summed E-state index contributed by atoms with van der Waals surface area (Å²) in [5.74, 6) is 0. The number of nitrogens with two attached hydrogens (primary N) is 1. The van der Waals surface area contributed by atoms with Crippen molar-refractivity contribution < 1.29 is 0 Å². The number of hydrogen-bond donors (Lipinski definition) is 1. The summed E-state index contributed by atoms with van der Waals surface area (Å²) in [6, 6.07) is 0. The topological polar surface area (TPSA) is 29.3 Å². The number of hydrogen-bond acceptors (Lipinski definition) is 2. The molecule has 2 N–H and O–H groups in total. The van der Waals surface area contributed by atoms with Crippen molar-refractivity contribution >= 4 is 0 Å². The zero-order valence-electron chi connectivity index (χ0n) is 10.1. The van der Waals surface area contributed by atoms with E-state index in [1.807, 2.05) is 0 Å². The first kappa shape index (κ1) is 13.9. The maximum atomic E-state index is 5.53. The monoisotopic (exact) mass is 200 g/mol. The highest BCUT2D eigenvalue weighted by Gasteiger charge is 1.99. The van der Waals surface area contributed by atoms with E-state index in [1.54, 1.807) is 0 Å². The first-order chi connectivity index (χ1) is 6.85. The predicted octanol–water partition coefficient (Wildman–Crippen LogP) is 2.63. The van der Waals surface area contributed by atoms with E-state index in [-0.39, 0.29) is 0 Å². The van der Waals surface area contributed by atoms with Crippen molar-refractivity contribution in [2.45, 2.75) is 52.4 Å². The van der Waals surface area contributed by atoms with Gasteiger partial charge in [0.2, 0.25) is 0 Å². The second-order valence-electron chi connectivity index (χ2n) is 3.99. The highest BCUT2D eigenvalue weighted by molar-refractivity contribution is 4.56. The van der Waals surface area contributed by atoms with Gasteiger partial charge in [-0.2, -0.15) is 0 Å². The molecule has 0 spiro atoms. The number of unbranched alkanes of at least 4 members (excludes halogenated alkanes) is 5. The van der Waals surface area contributed by atoms with Crippen molar-refractivity contribution in [2.24, 2.45) is 5.73 Å². The molecule has 0 aromatic carbocycles. The third kappa shape index (κ3) is 8.52. The quantitative estimate of drug-likeness (QED) is 0.549. The van der Waals surface area contributed by atoms with Gasteiger partial charge in [0.15, 0.2) is 0 Å². The Kier molecular flexibility index (Phi) is 10.9. The SMILES string of the molecule is CCCCCCCCN(CC)CCN. The van der Waals surface area contributed by atoms with E-state index in [0.717, 1.165) is 19.6 Å². The molecule has 2 nitrogen and oxygen atoms in total. The van der Waals surface area contributed by atoms with Gasteiger partial charge in [-0.1, -0.05) is 46.0 Å². The Morgan fingerprint density at radius 1 is 0.857 bits per heavy atom. The molecule has 0 aromatic heterocycles. The fourth-order valence-electron chi connectivity index (χ4n) is 1.73. The Balaban J connectivity index is 3.15. The van der Waals surface area contributed by atoms with Gasteiger partial charge in [-0.05, 0) is 19.5 Å². The molecule has 0 heterocycles. The van der Waals surface area contributed by atoms with Gasteiger partial charge in [-0.3, -0.25) is 0 Å². The molecule has 0 radical (unpaired) electrons. The molecule has 0 bridgehead atoms. The van der Waals surface area contributed by atoms with Crippen LogP contribution in [-0.2, 0) is 0 Å². The van der Waals surface area contributed by atoms with Gasteiger partial charge in [0, 0.05) is 13.1 Å². The highest BCUT2D eigenvalue weighted by Crippen LogP contribution is 2.05. The lowest BCUT2D eigenvalue weighted by Crippen LogP contribution is -2.30. The standard InChI is InChI=1S/C12H28N2/c1-3-5-6-7-8-9-11-14(4-2)12-10-13/h3-13H2,1-2H3. The second kappa shape index (κ2) is 11.0. The predicted molar refractivity (Wildman–Crippen MR) is 64.5 cm³/mol. The van der Waals surface area contributed by atoms with Crippen LogP contribution in [0.4, 0.5) is 0 Å². The second-order valence-corrected chi connectivity index (χ2v) is 3.99. The van der Waals surface area contributed by atoms with Gasteiger partial charge in [0.1, 0.15) is 0 Å². The summed E-state index contributed by atoms with van der Waals surface area (Å²) in [5, 5.41) is 0. The molecule has 0 amide bonds. The van der Waals surface area contributed by atoms with Crippen LogP contribution in [-0.4, -0.2) is 31.1 Å². The van der Waals surface area contributed by atoms with Crippen molar-refractivity contribution in [3.05, 3.63) is 0 Å². The lowest BCUT2D eigenvalue weighted by Gasteiger charge is -2.18. The first-order valence-corrected chi connectivity index (χ1v) is 6.27. The average molecular weight is 200 g/mol. The van der Waals surface area contributed by atoms with Gasteiger partial charge < -0.3 is 10.6 Å². The van der Waals surface area contributed by atoms with E-state index in [9.17, 15) is 0 Å². The summed E-state index contributed by atoms with van der Waals surface area (Å²) in [6.45, 7) is 8.72. The van der Waals surface area contributed by atoms with Crippen LogP contribution in [0, 0.1) is 0 Å². The van der Waals surface area contributed by atoms with Gasteiger partial charge >= 0.3 is 0 Å². The van der Waals surface area contributed by atoms with Crippen molar-refractivity contribution in [2.75, 3.05) is 26.2 Å². The van der Waals surface area contributed by atoms with Crippen LogP contribution in [0.15, 0.2) is 0 Å². The van der Waals surface area contributed by atoms with Crippen molar-refractivity contribution in [1.29, 1.82) is 0 Å². The largest absolute Gasteiger partial charge is 0.329 e. The lowest BCUT2D eigenvalue weighted by atomic mass is 10.1. The maximum absolute atomic E-state index is 5.53. The molecule has 0 saturated carbocycles. The van der Waals surface area contributed by atoms with E-state index >= 15 is 0 Å². The number of likely N-dealkylation sites (N-methyl/N-ethyl adjacent to an activating group) is 1. The number of rotatable bonds is 10. The minimum Gasteiger partial charge on any atom is -0.329 e. The molecule has 86 valence electrons. The Morgan fingerprint density at radius 2 is 1.50 bits per heavy atom. The van der Waals surface area contributed by atoms with Crippen molar-refractivity contribution in [1.82, 2.24) is 4.90 Å². The molecule has 0 unspecified atom stereocenters. The maximum Gasteiger partial charge on any atom is 0.0104 e. The summed E-state index contributed by atoms with van der Waals surface area (Å²) in [7, 11) is 0. The molecule has 14 heavy (non-hydrogen) atoms. The molecule has 0 atom stereocenters. The van der Waals surface area contributed by atoms with Gasteiger partial charge in [-0.15, -0.1) is 0 Å². The molecule has 0 fully saturated rings. The minimum absolute atomic E-state index is 0.795. The van der Waals surface area contributed by atoms with Crippen LogP contribution in [0.5, 0.6) is 0 Å². The zero-order valence-corrected chi connectivity index (χ0v) is 10.1. The summed E-state index contributed by atoms with van der Waals surface area (Å²) >= 11 is 0. The Hall–Kier alpha value is -0.0800. The minimum atomic E-state index is 0.795. The van der Waals surface area contributed by atoms with Crippen molar-refractivity contribution in [3.63, 3.8) is 0 Å². The molecule has 2 heteroatoms. The first-order valence-electron chi connectivity index (χ1n) is 6.27. The molecule has 0 rings (SSSR count). The number of nitrogens with zero attached hydrogens (tertiary/aromatic N) is 1. The van der Waals surface area contributed by atoms with Gasteiger partial charge in [0.25, 0.3) is 0 Å². The molecule has 0 aliphatic rings. The summed E-state index contributed by atoms with van der Waals surface area (Å²) < 4.78 is 0. The van der Waals surface area contributed by atoms with Crippen LogP contribution >= 0.6 is 0 Å². The zero-order chi connectivity index (χ0) is 10.6. The Bertz CT molecular complexity index is 104. The van der Waals surface area contributed by atoms with Crippen LogP contribution in [0.2, 0.25) is 0 Å². The fourth-order valence-corrected chi connectivity index (χ4v) is 1.73. The Morgan fingerprint density at radius 3 is 2.07 bits per heavy atom. The highest BCUT2D eigenvalue weighted by atomic mass is 15.1. The van der Waals surface area contributed by atoms with E-state index in [2.05, 4.69) is 18.7 Å². The van der Waals surface area contributed by atoms with E-state index in [1.165, 1.54) is 45.1 Å². The third-order valence-corrected chi connectivity index (χ3v) is 2.72. The molecule has 0 saturated heterocycles. The van der Waals surface area contributed by atoms with E-state index in [0.29, 0.717) is 0 Å². The summed E-state index contributed by atoms with van der Waals surface area (Å²) in [4.78, 5) is 2.44. The van der Waals surface area contributed by atoms with Crippen LogP contribution in [0.1, 0.15) is 52.4 Å². The summed E-state index contributed by atoms with van der Waals surface area (Å²) in [6.07, 6.45) is 8.31. The van der Waals surface area contributed by atoms with E-state index < -0.39 is 0 Å². The molecule has 0 aliphatic carbocycles. The molecular formula is C12H28N2. The van der Waals surface area contributed by atoms with Crippen LogP contribution in [0.3, 0.4) is 0 Å². The van der Waals surface area contributed by atoms with Gasteiger partial charge in [0.05, 0.1) is 0 Å². The molecule has 0 aromatic rings. The fraction of sp³-hybridized carbons (Fsp3) is 1.00. The summed E-state index contributed by atoms with van der Waals surface area (Å²) in [5.41, 5.74) is 5.53. The Labute approximate surface area is 89.9 Å². The smallest absolute Gasteiger partial charge is 0.0104 e. The van der Waals surface area contributed by atoms with Crippen LogP contribution < -0.4 is 5.73 Å². The normalized spacial score (nSPS) is 11.1. The van der Waals surface area contributed by atoms with E-state index in [4.69, 9.17) is 5.73 Å².